The van der Waals surface area contributed by atoms with Gasteiger partial charge in [0.1, 0.15) is 23.1 Å². The maximum Gasteiger partial charge on any atom is 0.266 e. The molecule has 0 aliphatic carbocycles. The summed E-state index contributed by atoms with van der Waals surface area (Å²) in [7, 11) is 0. The fourth-order valence-electron chi connectivity index (χ4n) is 3.75. The topological polar surface area (TPSA) is 73.2 Å². The Labute approximate surface area is 220 Å². The van der Waals surface area contributed by atoms with E-state index >= 15 is 0 Å². The van der Waals surface area contributed by atoms with Gasteiger partial charge in [-0.3, -0.25) is 14.2 Å². The highest BCUT2D eigenvalue weighted by atomic mass is 32.2. The molecule has 1 atom stereocenters. The predicted octanol–water partition coefficient (Wildman–Crippen LogP) is 6.58. The Bertz CT molecular complexity index is 1680. The van der Waals surface area contributed by atoms with E-state index in [1.165, 1.54) is 6.07 Å². The number of carbonyl (C=O) groups excluding carboxylic acids is 1. The summed E-state index contributed by atoms with van der Waals surface area (Å²) in [4.78, 5) is 30.9. The second-order valence-electron chi connectivity index (χ2n) is 8.34. The van der Waals surface area contributed by atoms with Crippen LogP contribution < -0.4 is 15.6 Å². The van der Waals surface area contributed by atoms with E-state index in [1.807, 2.05) is 30.3 Å². The third-order valence-corrected chi connectivity index (χ3v) is 6.70. The van der Waals surface area contributed by atoms with Crippen LogP contribution in [0.2, 0.25) is 0 Å². The van der Waals surface area contributed by atoms with E-state index in [2.05, 4.69) is 10.3 Å². The molecule has 1 heterocycles. The van der Waals surface area contributed by atoms with Gasteiger partial charge in [-0.15, -0.1) is 0 Å². The molecule has 1 N–H and O–H groups in total. The van der Waals surface area contributed by atoms with Crippen LogP contribution in [0.15, 0.2) is 107 Å². The molecular weight excluding hydrogens is 508 g/mol. The van der Waals surface area contributed by atoms with Crippen molar-refractivity contribution in [2.45, 2.75) is 17.3 Å². The lowest BCUT2D eigenvalue weighted by molar-refractivity contribution is -0.115. The maximum absolute atomic E-state index is 14.7. The Kier molecular flexibility index (Phi) is 7.19. The maximum atomic E-state index is 14.7. The fourth-order valence-corrected chi connectivity index (χ4v) is 4.67. The number of nitrogens with one attached hydrogen (secondary N) is 1. The quantitative estimate of drug-likeness (QED) is 0.191. The molecule has 9 heteroatoms. The van der Waals surface area contributed by atoms with Crippen molar-refractivity contribution >= 4 is 34.3 Å². The predicted molar refractivity (Wildman–Crippen MR) is 144 cm³/mol. The van der Waals surface area contributed by atoms with Crippen molar-refractivity contribution in [3.05, 3.63) is 119 Å². The van der Waals surface area contributed by atoms with Gasteiger partial charge in [-0.25, -0.2) is 13.8 Å². The molecule has 0 aliphatic heterocycles. The number of benzene rings is 4. The number of thioether (sulfide) groups is 1. The number of hydrogen-bond acceptors (Lipinski definition) is 5. The van der Waals surface area contributed by atoms with Crippen LogP contribution >= 0.6 is 11.8 Å². The number of halogens is 2. The van der Waals surface area contributed by atoms with Crippen molar-refractivity contribution < 1.29 is 18.3 Å². The summed E-state index contributed by atoms with van der Waals surface area (Å²) in [5, 5.41) is 2.50. The number of para-hydroxylation sites is 2. The summed E-state index contributed by atoms with van der Waals surface area (Å²) in [6, 6.07) is 25.8. The number of amides is 1. The molecule has 0 aliphatic rings. The molecule has 38 heavy (non-hydrogen) atoms. The van der Waals surface area contributed by atoms with E-state index in [0.717, 1.165) is 22.4 Å². The normalized spacial score (nSPS) is 11.8. The first-order valence-corrected chi connectivity index (χ1v) is 12.5. The van der Waals surface area contributed by atoms with E-state index < -0.39 is 22.4 Å². The number of fused-ring (bicyclic) bond motifs is 1. The summed E-state index contributed by atoms with van der Waals surface area (Å²) in [6.45, 7) is 1.65. The summed E-state index contributed by atoms with van der Waals surface area (Å²) >= 11 is 0.994. The molecular formula is C29H21F2N3O3S. The van der Waals surface area contributed by atoms with Gasteiger partial charge in [-0.05, 0) is 67.6 Å². The van der Waals surface area contributed by atoms with Crippen LogP contribution in [-0.4, -0.2) is 20.7 Å². The molecule has 0 bridgehead atoms. The molecule has 1 amide bonds. The zero-order valence-corrected chi connectivity index (χ0v) is 20.9. The molecule has 0 saturated carbocycles. The van der Waals surface area contributed by atoms with Gasteiger partial charge >= 0.3 is 0 Å². The van der Waals surface area contributed by atoms with Gasteiger partial charge in [-0.2, -0.15) is 0 Å². The third-order valence-electron chi connectivity index (χ3n) is 5.65. The van der Waals surface area contributed by atoms with Crippen LogP contribution in [0.1, 0.15) is 6.92 Å². The Morgan fingerprint density at radius 3 is 2.34 bits per heavy atom. The van der Waals surface area contributed by atoms with Crippen molar-refractivity contribution in [2.75, 3.05) is 5.32 Å². The number of nitrogens with zero attached hydrogens (tertiary/aromatic N) is 2. The van der Waals surface area contributed by atoms with E-state index in [9.17, 15) is 18.4 Å². The third kappa shape index (κ3) is 5.42. The summed E-state index contributed by atoms with van der Waals surface area (Å²) in [6.07, 6.45) is 0. The number of ether oxygens (including phenoxy) is 1. The molecule has 6 nitrogen and oxygen atoms in total. The van der Waals surface area contributed by atoms with Gasteiger partial charge in [0, 0.05) is 11.8 Å². The summed E-state index contributed by atoms with van der Waals surface area (Å²) < 4.78 is 35.1. The molecule has 1 unspecified atom stereocenters. The minimum atomic E-state index is -0.916. The first-order chi connectivity index (χ1) is 18.4. The number of anilines is 1. The van der Waals surface area contributed by atoms with E-state index in [0.29, 0.717) is 28.8 Å². The minimum absolute atomic E-state index is 0.105. The van der Waals surface area contributed by atoms with Gasteiger partial charge in [0.2, 0.25) is 5.91 Å². The first-order valence-electron chi connectivity index (χ1n) is 11.7. The van der Waals surface area contributed by atoms with Gasteiger partial charge in [0.05, 0.1) is 21.8 Å². The van der Waals surface area contributed by atoms with Crippen molar-refractivity contribution in [1.82, 2.24) is 9.55 Å². The lowest BCUT2D eigenvalue weighted by atomic mass is 10.2. The highest BCUT2D eigenvalue weighted by Crippen LogP contribution is 2.28. The minimum Gasteiger partial charge on any atom is -0.457 e. The van der Waals surface area contributed by atoms with E-state index in [1.54, 1.807) is 55.5 Å². The largest absolute Gasteiger partial charge is 0.457 e. The standard InChI is InChI=1S/C29H21F2N3O3S/c1-18(27(35)32-20-12-14-22(15-13-20)37-21-7-3-2-4-8-21)38-29-33-25-10-6-5-9-23(25)28(36)34(29)26-16-11-19(30)17-24(26)31/h2-18H,1H3,(H,32,35). The van der Waals surface area contributed by atoms with Crippen LogP contribution in [0.25, 0.3) is 16.6 Å². The Balaban J connectivity index is 1.39. The smallest absolute Gasteiger partial charge is 0.266 e. The van der Waals surface area contributed by atoms with Crippen LogP contribution in [0.3, 0.4) is 0 Å². The molecule has 5 aromatic rings. The lowest BCUT2D eigenvalue weighted by Crippen LogP contribution is -2.26. The lowest BCUT2D eigenvalue weighted by Gasteiger charge is -2.17. The van der Waals surface area contributed by atoms with Crippen molar-refractivity contribution in [3.63, 3.8) is 0 Å². The molecule has 0 fully saturated rings. The number of aromatic nitrogens is 2. The van der Waals surface area contributed by atoms with Crippen LogP contribution in [0, 0.1) is 11.6 Å². The average Bonchev–Trinajstić information content (AvgIpc) is 2.91. The van der Waals surface area contributed by atoms with Gasteiger partial charge in [0.15, 0.2) is 5.16 Å². The fraction of sp³-hybridized carbons (Fsp3) is 0.0690. The summed E-state index contributed by atoms with van der Waals surface area (Å²) in [5.41, 5.74) is 0.278. The van der Waals surface area contributed by atoms with Crippen molar-refractivity contribution in [2.24, 2.45) is 0 Å². The Morgan fingerprint density at radius 2 is 1.61 bits per heavy atom. The van der Waals surface area contributed by atoms with Crippen LogP contribution in [-0.2, 0) is 4.79 Å². The van der Waals surface area contributed by atoms with Gasteiger partial charge in [0.25, 0.3) is 5.56 Å². The van der Waals surface area contributed by atoms with Crippen molar-refractivity contribution in [3.8, 4) is 17.2 Å². The highest BCUT2D eigenvalue weighted by molar-refractivity contribution is 8.00. The molecule has 0 spiro atoms. The zero-order chi connectivity index (χ0) is 26.6. The summed E-state index contributed by atoms with van der Waals surface area (Å²) in [5.74, 6) is -0.723. The van der Waals surface area contributed by atoms with Gasteiger partial charge < -0.3 is 10.1 Å². The van der Waals surface area contributed by atoms with Gasteiger partial charge in [-0.1, -0.05) is 42.1 Å². The molecule has 190 valence electrons. The number of carbonyl (C=O) groups is 1. The second kappa shape index (κ2) is 10.9. The van der Waals surface area contributed by atoms with Crippen LogP contribution in [0.5, 0.6) is 11.5 Å². The Hall–Kier alpha value is -4.50. The zero-order valence-electron chi connectivity index (χ0n) is 20.1. The molecule has 0 radical (unpaired) electrons. The SMILES string of the molecule is CC(Sc1nc2ccccc2c(=O)n1-c1ccc(F)cc1F)C(=O)Nc1ccc(Oc2ccccc2)cc1. The number of rotatable bonds is 7. The average molecular weight is 530 g/mol. The molecule has 4 aromatic carbocycles. The second-order valence-corrected chi connectivity index (χ2v) is 9.64. The molecule has 0 saturated heterocycles. The molecule has 1 aromatic heterocycles. The van der Waals surface area contributed by atoms with E-state index in [4.69, 9.17) is 4.74 Å². The molecule has 5 rings (SSSR count). The van der Waals surface area contributed by atoms with Crippen molar-refractivity contribution in [1.29, 1.82) is 0 Å². The van der Waals surface area contributed by atoms with Crippen LogP contribution in [0.4, 0.5) is 14.5 Å². The Morgan fingerprint density at radius 1 is 0.921 bits per heavy atom. The highest BCUT2D eigenvalue weighted by Gasteiger charge is 2.22. The monoisotopic (exact) mass is 529 g/mol. The first kappa shape index (κ1) is 25.2. The van der Waals surface area contributed by atoms with E-state index in [-0.39, 0.29) is 22.1 Å². The number of hydrogen-bond donors (Lipinski definition) is 1.